The first kappa shape index (κ1) is 21.8. The van der Waals surface area contributed by atoms with Gasteiger partial charge in [-0.3, -0.25) is 0 Å². The van der Waals surface area contributed by atoms with Crippen LogP contribution in [-0.2, 0) is 10.0 Å². The number of aryl methyl sites for hydroxylation is 1. The Hall–Kier alpha value is -2.42. The number of hydrogen-bond donors (Lipinski definition) is 1. The number of thiazole rings is 1. The molecule has 0 unspecified atom stereocenters. The van der Waals surface area contributed by atoms with Gasteiger partial charge >= 0.3 is 0 Å². The summed E-state index contributed by atoms with van der Waals surface area (Å²) >= 11 is 1.63. The van der Waals surface area contributed by atoms with Crippen LogP contribution in [0.3, 0.4) is 0 Å². The van der Waals surface area contributed by atoms with Gasteiger partial charge < -0.3 is 10.1 Å². The van der Waals surface area contributed by atoms with Gasteiger partial charge in [-0.1, -0.05) is 29.5 Å². The molecule has 1 aliphatic heterocycles. The molecule has 4 rings (SSSR count). The molecule has 3 aromatic rings. The van der Waals surface area contributed by atoms with Crippen LogP contribution >= 0.6 is 11.3 Å². The average Bonchev–Trinajstić information content (AvgIpc) is 3.27. The molecule has 0 bridgehead atoms. The van der Waals surface area contributed by atoms with Crippen LogP contribution in [0, 0.1) is 18.9 Å². The molecule has 0 spiro atoms. The van der Waals surface area contributed by atoms with E-state index in [0.717, 1.165) is 40.5 Å². The maximum Gasteiger partial charge on any atom is 0.243 e. The summed E-state index contributed by atoms with van der Waals surface area (Å²) in [5.74, 6) is 0.962. The van der Waals surface area contributed by atoms with Gasteiger partial charge in [0.05, 0.1) is 16.9 Å². The van der Waals surface area contributed by atoms with Crippen molar-refractivity contribution < 1.29 is 13.2 Å². The molecular weight excluding hydrogens is 430 g/mol. The molecule has 2 aromatic carbocycles. The molecule has 0 amide bonds. The number of hydrogen-bond acceptors (Lipinski definition) is 6. The zero-order valence-corrected chi connectivity index (χ0v) is 19.3. The quantitative estimate of drug-likeness (QED) is 0.569. The van der Waals surface area contributed by atoms with E-state index >= 15 is 0 Å². The topological polar surface area (TPSA) is 71.5 Å². The third-order valence-electron chi connectivity index (χ3n) is 5.53. The van der Waals surface area contributed by atoms with Crippen molar-refractivity contribution in [3.05, 3.63) is 60.3 Å². The number of rotatable bonds is 7. The van der Waals surface area contributed by atoms with Crippen molar-refractivity contribution in [2.45, 2.75) is 24.7 Å². The van der Waals surface area contributed by atoms with Gasteiger partial charge in [0, 0.05) is 31.9 Å². The maximum absolute atomic E-state index is 12.9. The van der Waals surface area contributed by atoms with Crippen LogP contribution in [0.2, 0.25) is 0 Å². The van der Waals surface area contributed by atoms with E-state index in [0.29, 0.717) is 24.8 Å². The number of nitrogens with one attached hydrogen (secondary N) is 1. The SMILES string of the molecule is COc1cccc(S(=O)(=O)N2CCC(CNc3ncc(-c4cc[c]c(C)c4)s3)CC2)c1. The fourth-order valence-corrected chi connectivity index (χ4v) is 6.05. The van der Waals surface area contributed by atoms with Crippen molar-refractivity contribution in [3.8, 4) is 16.2 Å². The lowest BCUT2D eigenvalue weighted by Gasteiger charge is -2.31. The summed E-state index contributed by atoms with van der Waals surface area (Å²) in [5, 5.41) is 4.33. The first-order chi connectivity index (χ1) is 15.0. The predicted octanol–water partition coefficient (Wildman–Crippen LogP) is 4.44. The highest BCUT2D eigenvalue weighted by Gasteiger charge is 2.29. The largest absolute Gasteiger partial charge is 0.497 e. The molecule has 163 valence electrons. The van der Waals surface area contributed by atoms with Gasteiger partial charge in [0.1, 0.15) is 5.75 Å². The molecule has 1 N–H and O–H groups in total. The Balaban J connectivity index is 1.31. The van der Waals surface area contributed by atoms with Crippen LogP contribution in [0.1, 0.15) is 18.4 Å². The number of sulfonamides is 1. The van der Waals surface area contributed by atoms with Crippen LogP contribution in [0.5, 0.6) is 5.75 Å². The normalized spacial score (nSPS) is 15.7. The lowest BCUT2D eigenvalue weighted by molar-refractivity contribution is 0.282. The summed E-state index contributed by atoms with van der Waals surface area (Å²) in [5.41, 5.74) is 2.26. The third-order valence-corrected chi connectivity index (χ3v) is 8.43. The molecule has 6 nitrogen and oxygen atoms in total. The van der Waals surface area contributed by atoms with E-state index in [1.165, 1.54) is 7.11 Å². The number of piperidine rings is 1. The summed E-state index contributed by atoms with van der Waals surface area (Å²) in [4.78, 5) is 5.90. The molecule has 31 heavy (non-hydrogen) atoms. The number of aromatic nitrogens is 1. The first-order valence-corrected chi connectivity index (χ1v) is 12.5. The van der Waals surface area contributed by atoms with Gasteiger partial charge in [-0.25, -0.2) is 13.4 Å². The van der Waals surface area contributed by atoms with Gasteiger partial charge in [-0.05, 0) is 61.1 Å². The molecule has 0 saturated carbocycles. The fourth-order valence-electron chi connectivity index (χ4n) is 3.72. The van der Waals surface area contributed by atoms with E-state index in [9.17, 15) is 8.42 Å². The van der Waals surface area contributed by atoms with Crippen molar-refractivity contribution >= 4 is 26.5 Å². The van der Waals surface area contributed by atoms with E-state index in [1.807, 2.05) is 25.3 Å². The highest BCUT2D eigenvalue weighted by Crippen LogP contribution is 2.30. The molecular formula is C23H26N3O3S2. The van der Waals surface area contributed by atoms with E-state index in [-0.39, 0.29) is 4.90 Å². The van der Waals surface area contributed by atoms with Crippen LogP contribution < -0.4 is 10.1 Å². The zero-order valence-electron chi connectivity index (χ0n) is 17.7. The Morgan fingerprint density at radius 1 is 1.26 bits per heavy atom. The Bertz CT molecular complexity index is 1140. The maximum atomic E-state index is 12.9. The van der Waals surface area contributed by atoms with E-state index in [4.69, 9.17) is 4.74 Å². The van der Waals surface area contributed by atoms with Crippen LogP contribution in [0.15, 0.2) is 53.6 Å². The Morgan fingerprint density at radius 2 is 2.06 bits per heavy atom. The van der Waals surface area contributed by atoms with E-state index in [2.05, 4.69) is 22.4 Å². The number of methoxy groups -OCH3 is 1. The number of nitrogens with zero attached hydrogens (tertiary/aromatic N) is 2. The minimum atomic E-state index is -3.50. The second-order valence-electron chi connectivity index (χ2n) is 7.70. The second kappa shape index (κ2) is 9.38. The van der Waals surface area contributed by atoms with Crippen LogP contribution in [0.4, 0.5) is 5.13 Å². The molecule has 0 aliphatic carbocycles. The van der Waals surface area contributed by atoms with E-state index < -0.39 is 10.0 Å². The van der Waals surface area contributed by atoms with Gasteiger partial charge in [0.15, 0.2) is 5.13 Å². The second-order valence-corrected chi connectivity index (χ2v) is 10.7. The molecule has 1 radical (unpaired) electrons. The molecule has 1 aromatic heterocycles. The van der Waals surface area contributed by atoms with Crippen molar-refractivity contribution in [3.63, 3.8) is 0 Å². The molecule has 1 saturated heterocycles. The number of anilines is 1. The van der Waals surface area contributed by atoms with Crippen molar-refractivity contribution in [2.75, 3.05) is 32.1 Å². The molecule has 8 heteroatoms. The van der Waals surface area contributed by atoms with Gasteiger partial charge in [0.25, 0.3) is 0 Å². The zero-order chi connectivity index (χ0) is 21.8. The summed E-state index contributed by atoms with van der Waals surface area (Å²) in [6.07, 6.45) is 3.54. The summed E-state index contributed by atoms with van der Waals surface area (Å²) in [6, 6.07) is 15.9. The molecule has 2 heterocycles. The standard InChI is InChI=1S/C23H26N3O3S2/c1-17-5-3-6-19(13-17)22-16-25-23(30-22)24-15-18-9-11-26(12-10-18)31(27,28)21-8-4-7-20(14-21)29-2/h3-4,6-8,13-14,16,18H,9-12,15H2,1-2H3,(H,24,25). The fraction of sp³-hybridized carbons (Fsp3) is 0.348. The van der Waals surface area contributed by atoms with Crippen LogP contribution in [-0.4, -0.2) is 44.5 Å². The van der Waals surface area contributed by atoms with Gasteiger partial charge in [-0.15, -0.1) is 0 Å². The lowest BCUT2D eigenvalue weighted by Crippen LogP contribution is -2.39. The number of benzene rings is 2. The Kier molecular flexibility index (Phi) is 6.60. The van der Waals surface area contributed by atoms with Crippen LogP contribution in [0.25, 0.3) is 10.4 Å². The van der Waals surface area contributed by atoms with E-state index in [1.54, 1.807) is 39.9 Å². The smallest absolute Gasteiger partial charge is 0.243 e. The average molecular weight is 457 g/mol. The number of ether oxygens (including phenoxy) is 1. The highest BCUT2D eigenvalue weighted by atomic mass is 32.2. The predicted molar refractivity (Wildman–Crippen MR) is 124 cm³/mol. The molecule has 1 fully saturated rings. The van der Waals surface area contributed by atoms with Gasteiger partial charge in [0.2, 0.25) is 10.0 Å². The third kappa shape index (κ3) is 5.08. The first-order valence-electron chi connectivity index (χ1n) is 10.3. The summed E-state index contributed by atoms with van der Waals surface area (Å²) in [6.45, 7) is 3.87. The monoisotopic (exact) mass is 456 g/mol. The summed E-state index contributed by atoms with van der Waals surface area (Å²) in [7, 11) is -1.96. The van der Waals surface area contributed by atoms with Crippen molar-refractivity contribution in [1.29, 1.82) is 0 Å². The molecule has 1 aliphatic rings. The molecule has 0 atom stereocenters. The lowest BCUT2D eigenvalue weighted by atomic mass is 9.98. The summed E-state index contributed by atoms with van der Waals surface area (Å²) < 4.78 is 32.6. The highest BCUT2D eigenvalue weighted by molar-refractivity contribution is 7.89. The van der Waals surface area contributed by atoms with Crippen molar-refractivity contribution in [1.82, 2.24) is 9.29 Å². The Morgan fingerprint density at radius 3 is 2.81 bits per heavy atom. The van der Waals surface area contributed by atoms with Gasteiger partial charge in [-0.2, -0.15) is 4.31 Å². The van der Waals surface area contributed by atoms with Crippen molar-refractivity contribution in [2.24, 2.45) is 5.92 Å². The minimum Gasteiger partial charge on any atom is -0.497 e. The minimum absolute atomic E-state index is 0.285. The Labute approximate surface area is 188 Å².